The Labute approximate surface area is 109 Å². The Kier molecular flexibility index (Phi) is 4.48. The number of hydrogen-bond acceptors (Lipinski definition) is 3. The van der Waals surface area contributed by atoms with Gasteiger partial charge in [-0.15, -0.1) is 0 Å². The van der Waals surface area contributed by atoms with Gasteiger partial charge in [-0.05, 0) is 36.9 Å². The van der Waals surface area contributed by atoms with Crippen molar-refractivity contribution in [2.24, 2.45) is 11.1 Å². The fourth-order valence-electron chi connectivity index (χ4n) is 2.94. The SMILES string of the molecule is NCC1(CC(=O)Cc2ccccn2)CCCCC1. The Morgan fingerprint density at radius 3 is 2.67 bits per heavy atom. The average molecular weight is 246 g/mol. The zero-order chi connectivity index (χ0) is 12.8. The molecule has 3 nitrogen and oxygen atoms in total. The number of ketones is 1. The van der Waals surface area contributed by atoms with Crippen LogP contribution >= 0.6 is 0 Å². The molecule has 1 saturated carbocycles. The standard InChI is InChI=1S/C15H22N2O/c16-12-15(7-3-1-4-8-15)11-14(18)10-13-6-2-5-9-17-13/h2,5-6,9H,1,3-4,7-8,10-12,16H2. The van der Waals surface area contributed by atoms with Crippen molar-refractivity contribution >= 4 is 5.78 Å². The monoisotopic (exact) mass is 246 g/mol. The smallest absolute Gasteiger partial charge is 0.139 e. The molecule has 1 fully saturated rings. The van der Waals surface area contributed by atoms with Crippen LogP contribution in [-0.4, -0.2) is 17.3 Å². The molecule has 1 aromatic rings. The van der Waals surface area contributed by atoms with Crippen LogP contribution in [-0.2, 0) is 11.2 Å². The Morgan fingerprint density at radius 2 is 2.06 bits per heavy atom. The van der Waals surface area contributed by atoms with Gasteiger partial charge in [-0.1, -0.05) is 25.3 Å². The Bertz CT molecular complexity index is 383. The molecular weight excluding hydrogens is 224 g/mol. The first-order valence-electron chi connectivity index (χ1n) is 6.86. The number of Topliss-reactive ketones (excluding diaryl/α,β-unsaturated/α-hetero) is 1. The van der Waals surface area contributed by atoms with Gasteiger partial charge in [0.2, 0.25) is 0 Å². The number of hydrogen-bond donors (Lipinski definition) is 1. The molecule has 1 heterocycles. The molecule has 0 unspecified atom stereocenters. The lowest BCUT2D eigenvalue weighted by molar-refractivity contribution is -0.121. The molecule has 0 aliphatic heterocycles. The van der Waals surface area contributed by atoms with E-state index in [1.165, 1.54) is 19.3 Å². The number of aromatic nitrogens is 1. The van der Waals surface area contributed by atoms with E-state index < -0.39 is 0 Å². The van der Waals surface area contributed by atoms with Gasteiger partial charge in [0.15, 0.2) is 0 Å². The van der Waals surface area contributed by atoms with Gasteiger partial charge in [-0.25, -0.2) is 0 Å². The van der Waals surface area contributed by atoms with Crippen LogP contribution < -0.4 is 5.73 Å². The second-order valence-electron chi connectivity index (χ2n) is 5.48. The highest BCUT2D eigenvalue weighted by Gasteiger charge is 2.32. The molecule has 3 heteroatoms. The molecule has 98 valence electrons. The van der Waals surface area contributed by atoms with Crippen molar-refractivity contribution in [3.05, 3.63) is 30.1 Å². The minimum Gasteiger partial charge on any atom is -0.330 e. The summed E-state index contributed by atoms with van der Waals surface area (Å²) >= 11 is 0. The third-order valence-corrected chi connectivity index (χ3v) is 4.02. The van der Waals surface area contributed by atoms with Crippen LogP contribution in [0.2, 0.25) is 0 Å². The van der Waals surface area contributed by atoms with Gasteiger partial charge in [0, 0.05) is 24.7 Å². The third kappa shape index (κ3) is 3.39. The fraction of sp³-hybridized carbons (Fsp3) is 0.600. The van der Waals surface area contributed by atoms with E-state index >= 15 is 0 Å². The van der Waals surface area contributed by atoms with Crippen molar-refractivity contribution in [1.82, 2.24) is 4.98 Å². The number of nitrogens with two attached hydrogens (primary N) is 1. The molecule has 2 rings (SSSR count). The minimum atomic E-state index is 0.0735. The summed E-state index contributed by atoms with van der Waals surface area (Å²) in [7, 11) is 0. The molecule has 18 heavy (non-hydrogen) atoms. The van der Waals surface area contributed by atoms with E-state index in [0.717, 1.165) is 18.5 Å². The summed E-state index contributed by atoms with van der Waals surface area (Å²) in [5, 5.41) is 0. The first kappa shape index (κ1) is 13.2. The van der Waals surface area contributed by atoms with Crippen molar-refractivity contribution in [2.45, 2.75) is 44.9 Å². The maximum absolute atomic E-state index is 12.1. The van der Waals surface area contributed by atoms with Gasteiger partial charge in [0.1, 0.15) is 5.78 Å². The maximum atomic E-state index is 12.1. The lowest BCUT2D eigenvalue weighted by Gasteiger charge is -2.35. The number of carbonyl (C=O) groups is 1. The zero-order valence-corrected chi connectivity index (χ0v) is 10.9. The average Bonchev–Trinajstić information content (AvgIpc) is 2.41. The maximum Gasteiger partial charge on any atom is 0.139 e. The van der Waals surface area contributed by atoms with E-state index in [4.69, 9.17) is 5.73 Å². The highest BCUT2D eigenvalue weighted by atomic mass is 16.1. The van der Waals surface area contributed by atoms with Gasteiger partial charge < -0.3 is 5.73 Å². The van der Waals surface area contributed by atoms with Crippen molar-refractivity contribution in [3.8, 4) is 0 Å². The van der Waals surface area contributed by atoms with E-state index in [2.05, 4.69) is 4.98 Å². The second kappa shape index (κ2) is 6.10. The first-order chi connectivity index (χ1) is 8.74. The van der Waals surface area contributed by atoms with Crippen LogP contribution in [0.15, 0.2) is 24.4 Å². The van der Waals surface area contributed by atoms with Crippen LogP contribution in [0.1, 0.15) is 44.2 Å². The molecule has 1 aliphatic carbocycles. The topological polar surface area (TPSA) is 56.0 Å². The second-order valence-corrected chi connectivity index (χ2v) is 5.48. The van der Waals surface area contributed by atoms with Gasteiger partial charge in [0.25, 0.3) is 0 Å². The summed E-state index contributed by atoms with van der Waals surface area (Å²) in [6, 6.07) is 5.71. The number of rotatable bonds is 5. The van der Waals surface area contributed by atoms with Gasteiger partial charge in [0.05, 0.1) is 0 Å². The summed E-state index contributed by atoms with van der Waals surface area (Å²) in [5.74, 6) is 0.279. The lowest BCUT2D eigenvalue weighted by Crippen LogP contribution is -2.35. The fourth-order valence-corrected chi connectivity index (χ4v) is 2.94. The van der Waals surface area contributed by atoms with Crippen molar-refractivity contribution < 1.29 is 4.79 Å². The summed E-state index contributed by atoms with van der Waals surface area (Å²) in [6.07, 6.45) is 8.75. The number of carbonyl (C=O) groups excluding carboxylic acids is 1. The van der Waals surface area contributed by atoms with E-state index in [1.54, 1.807) is 6.20 Å². The first-order valence-corrected chi connectivity index (χ1v) is 6.86. The van der Waals surface area contributed by atoms with E-state index in [9.17, 15) is 4.79 Å². The quantitative estimate of drug-likeness (QED) is 0.868. The molecule has 0 atom stereocenters. The molecule has 0 amide bonds. The minimum absolute atomic E-state index is 0.0735. The molecule has 0 spiro atoms. The normalized spacial score (nSPS) is 18.5. The predicted octanol–water partition coefficient (Wildman–Crippen LogP) is 2.49. The Morgan fingerprint density at radius 1 is 1.28 bits per heavy atom. The summed E-state index contributed by atoms with van der Waals surface area (Å²) in [6.45, 7) is 0.640. The van der Waals surface area contributed by atoms with E-state index in [0.29, 0.717) is 19.4 Å². The van der Waals surface area contributed by atoms with Crippen molar-refractivity contribution in [2.75, 3.05) is 6.54 Å². The molecule has 0 radical (unpaired) electrons. The highest BCUT2D eigenvalue weighted by Crippen LogP contribution is 2.38. The van der Waals surface area contributed by atoms with Gasteiger partial charge in [-0.3, -0.25) is 9.78 Å². The Hall–Kier alpha value is -1.22. The molecule has 1 aliphatic rings. The van der Waals surface area contributed by atoms with Crippen LogP contribution in [0.25, 0.3) is 0 Å². The summed E-state index contributed by atoms with van der Waals surface area (Å²) in [4.78, 5) is 16.4. The largest absolute Gasteiger partial charge is 0.330 e. The summed E-state index contributed by atoms with van der Waals surface area (Å²) < 4.78 is 0. The highest BCUT2D eigenvalue weighted by molar-refractivity contribution is 5.81. The van der Waals surface area contributed by atoms with Crippen molar-refractivity contribution in [3.63, 3.8) is 0 Å². The van der Waals surface area contributed by atoms with Gasteiger partial charge >= 0.3 is 0 Å². The Balaban J connectivity index is 1.93. The van der Waals surface area contributed by atoms with Crippen LogP contribution in [0.5, 0.6) is 0 Å². The third-order valence-electron chi connectivity index (χ3n) is 4.02. The number of pyridine rings is 1. The van der Waals surface area contributed by atoms with E-state index in [-0.39, 0.29) is 11.2 Å². The lowest BCUT2D eigenvalue weighted by atomic mass is 9.70. The van der Waals surface area contributed by atoms with Crippen LogP contribution in [0, 0.1) is 5.41 Å². The molecule has 1 aromatic heterocycles. The van der Waals surface area contributed by atoms with Crippen LogP contribution in [0.4, 0.5) is 0 Å². The van der Waals surface area contributed by atoms with Crippen LogP contribution in [0.3, 0.4) is 0 Å². The predicted molar refractivity (Wildman–Crippen MR) is 72.1 cm³/mol. The molecule has 0 aromatic carbocycles. The summed E-state index contributed by atoms with van der Waals surface area (Å²) in [5.41, 5.74) is 6.85. The van der Waals surface area contributed by atoms with Crippen molar-refractivity contribution in [1.29, 1.82) is 0 Å². The molecule has 0 saturated heterocycles. The molecular formula is C15H22N2O. The van der Waals surface area contributed by atoms with E-state index in [1.807, 2.05) is 18.2 Å². The molecule has 0 bridgehead atoms. The zero-order valence-electron chi connectivity index (χ0n) is 10.9. The molecule has 2 N–H and O–H groups in total. The van der Waals surface area contributed by atoms with Gasteiger partial charge in [-0.2, -0.15) is 0 Å². The number of nitrogens with zero attached hydrogens (tertiary/aromatic N) is 1.